The van der Waals surface area contributed by atoms with Gasteiger partial charge in [0.05, 0.1) is 12.1 Å². The van der Waals surface area contributed by atoms with Gasteiger partial charge in [0.25, 0.3) is 0 Å². The Morgan fingerprint density at radius 2 is 1.72 bits per heavy atom. The molecule has 1 aromatic rings. The molecule has 1 aliphatic carbocycles. The van der Waals surface area contributed by atoms with Crippen LogP contribution in [0.4, 0.5) is 0 Å². The molecule has 4 rings (SSSR count). The van der Waals surface area contributed by atoms with Gasteiger partial charge in [-0.15, -0.1) is 0 Å². The molecule has 0 aromatic heterocycles. The molecule has 3 fully saturated rings. The highest BCUT2D eigenvalue weighted by molar-refractivity contribution is 5.97. The third-order valence-corrected chi connectivity index (χ3v) is 6.60. The number of carbonyl (C=O) groups is 1. The van der Waals surface area contributed by atoms with Gasteiger partial charge >= 0.3 is 0 Å². The Kier molecular flexibility index (Phi) is 7.85. The van der Waals surface area contributed by atoms with Crippen LogP contribution in [0.2, 0.25) is 0 Å². The Hall–Kier alpha value is -2.33. The monoisotopic (exact) mass is 513 g/mol. The first kappa shape index (κ1) is 26.7. The number of amides is 1. The van der Waals surface area contributed by atoms with E-state index in [1.54, 1.807) is 0 Å². The summed E-state index contributed by atoms with van der Waals surface area (Å²) in [6.45, 7) is 2.73. The van der Waals surface area contributed by atoms with Crippen molar-refractivity contribution in [3.63, 3.8) is 0 Å². The zero-order valence-electron chi connectivity index (χ0n) is 19.5. The van der Waals surface area contributed by atoms with E-state index >= 15 is 0 Å². The van der Waals surface area contributed by atoms with E-state index in [4.69, 9.17) is 18.9 Å². The van der Waals surface area contributed by atoms with E-state index in [1.165, 1.54) is 38.1 Å². The predicted octanol–water partition coefficient (Wildman–Crippen LogP) is -2.68. The Labute approximate surface area is 206 Å². The SMILES string of the molecule is C/C(=C\c1ccc(O[C@@H]2O[C@H]([C@@H](C)O)[C@@H](O)[C@@H]2O)c(O)c1)C(=O)N[C@@H]1[C@H](O)[C@@H](O)[C@H]2OCO[C@H]2[C@@H]1O. The van der Waals surface area contributed by atoms with Gasteiger partial charge in [-0.1, -0.05) is 6.07 Å². The number of aromatic hydroxyl groups is 1. The average molecular weight is 513 g/mol. The molecule has 3 aliphatic rings. The van der Waals surface area contributed by atoms with Crippen molar-refractivity contribution in [3.05, 3.63) is 29.3 Å². The van der Waals surface area contributed by atoms with Gasteiger partial charge in [-0.3, -0.25) is 4.79 Å². The largest absolute Gasteiger partial charge is 0.504 e. The van der Waals surface area contributed by atoms with Crippen molar-refractivity contribution >= 4 is 12.0 Å². The Morgan fingerprint density at radius 3 is 2.33 bits per heavy atom. The minimum absolute atomic E-state index is 0.0625. The fraction of sp³-hybridized carbons (Fsp3) is 0.609. The minimum atomic E-state index is -1.49. The van der Waals surface area contributed by atoms with Gasteiger partial charge < -0.3 is 60.0 Å². The maximum absolute atomic E-state index is 12.7. The van der Waals surface area contributed by atoms with Gasteiger partial charge in [0.1, 0.15) is 55.6 Å². The molecular formula is C23H31NO12. The smallest absolute Gasteiger partial charge is 0.247 e. The lowest BCUT2D eigenvalue weighted by Crippen LogP contribution is -2.67. The number of ether oxygens (including phenoxy) is 4. The van der Waals surface area contributed by atoms with Crippen molar-refractivity contribution < 1.29 is 59.5 Å². The van der Waals surface area contributed by atoms with E-state index < -0.39 is 73.2 Å². The summed E-state index contributed by atoms with van der Waals surface area (Å²) in [5, 5.41) is 73.6. The van der Waals surface area contributed by atoms with Crippen molar-refractivity contribution in [2.24, 2.45) is 0 Å². The topological polar surface area (TPSA) is 208 Å². The molecule has 200 valence electrons. The maximum atomic E-state index is 12.7. The summed E-state index contributed by atoms with van der Waals surface area (Å²) in [5.74, 6) is -1.04. The fourth-order valence-corrected chi connectivity index (χ4v) is 4.55. The lowest BCUT2D eigenvalue weighted by Gasteiger charge is -2.41. The first-order chi connectivity index (χ1) is 17.0. The summed E-state index contributed by atoms with van der Waals surface area (Å²) < 4.78 is 21.2. The number of phenolic OH excluding ortho intramolecular Hbond substituents is 1. The van der Waals surface area contributed by atoms with Crippen LogP contribution >= 0.6 is 0 Å². The first-order valence-corrected chi connectivity index (χ1v) is 11.5. The molecule has 2 heterocycles. The van der Waals surface area contributed by atoms with Gasteiger partial charge in [-0.2, -0.15) is 0 Å². The third kappa shape index (κ3) is 5.07. The van der Waals surface area contributed by atoms with Crippen LogP contribution in [0.25, 0.3) is 6.08 Å². The van der Waals surface area contributed by atoms with E-state index in [0.29, 0.717) is 5.56 Å². The second-order valence-electron chi connectivity index (χ2n) is 9.21. The normalized spacial score (nSPS) is 39.5. The number of hydrogen-bond donors (Lipinski definition) is 8. The number of aliphatic hydroxyl groups is 6. The van der Waals surface area contributed by atoms with Crippen molar-refractivity contribution in [1.82, 2.24) is 5.32 Å². The second kappa shape index (κ2) is 10.6. The number of aliphatic hydroxyl groups excluding tert-OH is 6. The number of benzene rings is 1. The highest BCUT2D eigenvalue weighted by Gasteiger charge is 2.53. The van der Waals surface area contributed by atoms with E-state index in [0.717, 1.165) is 0 Å². The van der Waals surface area contributed by atoms with Crippen LogP contribution < -0.4 is 10.1 Å². The zero-order valence-corrected chi connectivity index (χ0v) is 19.5. The van der Waals surface area contributed by atoms with Crippen LogP contribution in [-0.2, 0) is 19.0 Å². The summed E-state index contributed by atoms with van der Waals surface area (Å²) >= 11 is 0. The number of hydrogen-bond acceptors (Lipinski definition) is 12. The summed E-state index contributed by atoms with van der Waals surface area (Å²) in [4.78, 5) is 12.7. The second-order valence-corrected chi connectivity index (χ2v) is 9.21. The minimum Gasteiger partial charge on any atom is -0.504 e. The Balaban J connectivity index is 1.41. The molecule has 11 atom stereocenters. The number of rotatable bonds is 6. The number of phenols is 1. The summed E-state index contributed by atoms with van der Waals surface area (Å²) in [6.07, 6.45) is -10.8. The molecule has 0 bridgehead atoms. The van der Waals surface area contributed by atoms with Crippen LogP contribution in [0.15, 0.2) is 23.8 Å². The molecule has 36 heavy (non-hydrogen) atoms. The molecule has 8 N–H and O–H groups in total. The number of carbonyl (C=O) groups excluding carboxylic acids is 1. The van der Waals surface area contributed by atoms with Crippen molar-refractivity contribution in [2.75, 3.05) is 6.79 Å². The lowest BCUT2D eigenvalue weighted by molar-refractivity contribution is -0.155. The van der Waals surface area contributed by atoms with Crippen LogP contribution in [0.5, 0.6) is 11.5 Å². The molecule has 2 aliphatic heterocycles. The molecule has 1 aromatic carbocycles. The number of nitrogens with one attached hydrogen (secondary N) is 1. The average Bonchev–Trinajstić information content (AvgIpc) is 3.43. The molecule has 2 saturated heterocycles. The Morgan fingerprint density at radius 1 is 1.06 bits per heavy atom. The van der Waals surface area contributed by atoms with Gasteiger partial charge in [0.15, 0.2) is 11.5 Å². The van der Waals surface area contributed by atoms with Crippen LogP contribution in [0.3, 0.4) is 0 Å². The molecule has 0 spiro atoms. The van der Waals surface area contributed by atoms with Crippen molar-refractivity contribution in [3.8, 4) is 11.5 Å². The van der Waals surface area contributed by atoms with Crippen molar-refractivity contribution in [2.45, 2.75) is 81.1 Å². The molecule has 0 radical (unpaired) electrons. The Bertz CT molecular complexity index is 986. The van der Waals surface area contributed by atoms with E-state index in [9.17, 15) is 40.5 Å². The first-order valence-electron chi connectivity index (χ1n) is 11.5. The standard InChI is InChI=1S/C23H31NO12/c1-8(22(32)24-13-14(27)16(29)21-20(15(13)28)33-7-34-21)5-10-3-4-12(11(26)6-10)35-23-18(31)17(30)19(36-23)9(2)25/h3-6,9,13-21,23,25-31H,7H2,1-2H3,(H,24,32)/b8-5+/t9-,13-,14+,15-,16-,17+,18+,19-,20+,21-,23-/m1/s1. The van der Waals surface area contributed by atoms with E-state index in [1.807, 2.05) is 0 Å². The predicted molar refractivity (Wildman–Crippen MR) is 119 cm³/mol. The molecule has 1 amide bonds. The lowest BCUT2D eigenvalue weighted by atomic mass is 9.83. The van der Waals surface area contributed by atoms with Crippen LogP contribution in [0.1, 0.15) is 19.4 Å². The van der Waals surface area contributed by atoms with Crippen LogP contribution in [-0.4, -0.2) is 116 Å². The van der Waals surface area contributed by atoms with Gasteiger partial charge in [-0.25, -0.2) is 0 Å². The van der Waals surface area contributed by atoms with Gasteiger partial charge in [-0.05, 0) is 37.6 Å². The maximum Gasteiger partial charge on any atom is 0.247 e. The van der Waals surface area contributed by atoms with E-state index in [2.05, 4.69) is 5.32 Å². The van der Waals surface area contributed by atoms with Gasteiger partial charge in [0.2, 0.25) is 12.2 Å². The quantitative estimate of drug-likeness (QED) is 0.183. The molecular weight excluding hydrogens is 482 g/mol. The highest BCUT2D eigenvalue weighted by atomic mass is 16.7. The molecule has 13 nitrogen and oxygen atoms in total. The number of fused-ring (bicyclic) bond motifs is 1. The van der Waals surface area contributed by atoms with Crippen LogP contribution in [0, 0.1) is 0 Å². The highest BCUT2D eigenvalue weighted by Crippen LogP contribution is 2.33. The summed E-state index contributed by atoms with van der Waals surface area (Å²) in [6, 6.07) is 2.96. The summed E-state index contributed by atoms with van der Waals surface area (Å²) in [5.41, 5.74) is 0.569. The zero-order chi connectivity index (χ0) is 26.3. The van der Waals surface area contributed by atoms with Crippen molar-refractivity contribution in [1.29, 1.82) is 0 Å². The van der Waals surface area contributed by atoms with E-state index in [-0.39, 0.29) is 23.9 Å². The molecule has 1 saturated carbocycles. The summed E-state index contributed by atoms with van der Waals surface area (Å²) in [7, 11) is 0. The molecule has 0 unspecified atom stereocenters. The molecule has 13 heteroatoms. The third-order valence-electron chi connectivity index (χ3n) is 6.60. The fourth-order valence-electron chi connectivity index (χ4n) is 4.55. The van der Waals surface area contributed by atoms with Gasteiger partial charge in [0, 0.05) is 5.57 Å².